The van der Waals surface area contributed by atoms with Crippen LogP contribution in [0.15, 0.2) is 77.6 Å². The Morgan fingerprint density at radius 3 is 2.43 bits per heavy atom. The predicted octanol–water partition coefficient (Wildman–Crippen LogP) is 3.91. The molecule has 0 aliphatic carbocycles. The molecule has 1 aliphatic heterocycles. The van der Waals surface area contributed by atoms with E-state index in [0.717, 1.165) is 5.56 Å². The quantitative estimate of drug-likeness (QED) is 0.481. The summed E-state index contributed by atoms with van der Waals surface area (Å²) in [7, 11) is 0. The molecule has 6 nitrogen and oxygen atoms in total. The molecule has 2 aromatic rings. The van der Waals surface area contributed by atoms with Gasteiger partial charge in [0.05, 0.1) is 5.54 Å². The van der Waals surface area contributed by atoms with Crippen molar-refractivity contribution >= 4 is 17.5 Å². The van der Waals surface area contributed by atoms with Gasteiger partial charge in [-0.3, -0.25) is 9.59 Å². The average Bonchev–Trinajstić information content (AvgIpc) is 2.92. The zero-order valence-electron chi connectivity index (χ0n) is 17.4. The summed E-state index contributed by atoms with van der Waals surface area (Å²) in [5, 5.41) is 16.1. The van der Waals surface area contributed by atoms with E-state index in [0.29, 0.717) is 24.5 Å². The first-order chi connectivity index (χ1) is 14.3. The van der Waals surface area contributed by atoms with Gasteiger partial charge in [-0.2, -0.15) is 0 Å². The second kappa shape index (κ2) is 8.86. The largest absolute Gasteiger partial charge is 0.509 e. The molecule has 30 heavy (non-hydrogen) atoms. The number of aliphatic hydroxyl groups is 1. The Hall–Kier alpha value is -3.54. The Morgan fingerprint density at radius 2 is 1.80 bits per heavy atom. The lowest BCUT2D eigenvalue weighted by Crippen LogP contribution is -2.43. The smallest absolute Gasteiger partial charge is 0.264 e. The zero-order chi connectivity index (χ0) is 21.7. The zero-order valence-corrected chi connectivity index (χ0v) is 17.4. The minimum absolute atomic E-state index is 0.254. The summed E-state index contributed by atoms with van der Waals surface area (Å²) in [6.07, 6.45) is 2.34. The van der Waals surface area contributed by atoms with Crippen molar-refractivity contribution < 1.29 is 19.4 Å². The van der Waals surface area contributed by atoms with Gasteiger partial charge in [-0.15, -0.1) is 0 Å². The molecule has 1 heterocycles. The molecule has 2 amide bonds. The van der Waals surface area contributed by atoms with Crippen LogP contribution in [-0.2, 0) is 16.0 Å². The fourth-order valence-electron chi connectivity index (χ4n) is 3.23. The predicted molar refractivity (Wildman–Crippen MR) is 116 cm³/mol. The number of aliphatic hydroxyl groups excluding tert-OH is 1. The molecule has 1 unspecified atom stereocenters. The van der Waals surface area contributed by atoms with Crippen molar-refractivity contribution in [2.75, 3.05) is 11.9 Å². The van der Waals surface area contributed by atoms with Gasteiger partial charge in [-0.25, -0.2) is 0 Å². The van der Waals surface area contributed by atoms with Crippen LogP contribution in [0.2, 0.25) is 0 Å². The summed E-state index contributed by atoms with van der Waals surface area (Å²) in [5.41, 5.74) is 1.31. The molecule has 3 rings (SSSR count). The fourth-order valence-corrected chi connectivity index (χ4v) is 3.23. The third kappa shape index (κ3) is 4.89. The first-order valence-electron chi connectivity index (χ1n) is 9.76. The molecule has 6 heteroatoms. The second-order valence-electron chi connectivity index (χ2n) is 7.74. The number of amides is 2. The molecule has 2 aromatic carbocycles. The highest BCUT2D eigenvalue weighted by Gasteiger charge is 2.44. The van der Waals surface area contributed by atoms with E-state index in [1.165, 1.54) is 5.57 Å². The first-order valence-corrected chi connectivity index (χ1v) is 9.76. The number of allylic oxidation sites excluding steroid dienone is 1. The van der Waals surface area contributed by atoms with Crippen LogP contribution in [0.25, 0.3) is 0 Å². The van der Waals surface area contributed by atoms with E-state index in [2.05, 4.69) is 10.6 Å². The van der Waals surface area contributed by atoms with E-state index in [-0.39, 0.29) is 11.3 Å². The number of hydrogen-bond acceptors (Lipinski definition) is 4. The number of ether oxygens (including phenoxy) is 1. The number of rotatable bonds is 7. The monoisotopic (exact) mass is 406 g/mol. The van der Waals surface area contributed by atoms with Crippen LogP contribution in [0.4, 0.5) is 5.69 Å². The van der Waals surface area contributed by atoms with Gasteiger partial charge in [-0.1, -0.05) is 35.9 Å². The van der Waals surface area contributed by atoms with Crippen molar-refractivity contribution in [1.29, 1.82) is 0 Å². The van der Waals surface area contributed by atoms with Gasteiger partial charge in [0.25, 0.3) is 11.8 Å². The van der Waals surface area contributed by atoms with E-state index in [9.17, 15) is 14.7 Å². The van der Waals surface area contributed by atoms with Crippen molar-refractivity contribution in [2.24, 2.45) is 0 Å². The highest BCUT2D eigenvalue weighted by molar-refractivity contribution is 6.24. The number of nitrogens with one attached hydrogen (secondary N) is 2. The first kappa shape index (κ1) is 21.2. The van der Waals surface area contributed by atoms with Crippen molar-refractivity contribution in [3.63, 3.8) is 0 Å². The molecule has 0 spiro atoms. The van der Waals surface area contributed by atoms with E-state index < -0.39 is 17.4 Å². The lowest BCUT2D eigenvalue weighted by Gasteiger charge is -2.24. The van der Waals surface area contributed by atoms with Crippen LogP contribution in [0.3, 0.4) is 0 Å². The molecule has 1 atom stereocenters. The third-order valence-electron chi connectivity index (χ3n) is 4.86. The molecule has 3 N–H and O–H groups in total. The van der Waals surface area contributed by atoms with Crippen LogP contribution in [0.1, 0.15) is 26.3 Å². The molecule has 1 aliphatic rings. The highest BCUT2D eigenvalue weighted by atomic mass is 16.5. The highest BCUT2D eigenvalue weighted by Crippen LogP contribution is 2.29. The van der Waals surface area contributed by atoms with E-state index >= 15 is 0 Å². The Balaban J connectivity index is 1.70. The Labute approximate surface area is 176 Å². The number of carbonyl (C=O) groups excluding carboxylic acids is 2. The fraction of sp³-hybridized carbons (Fsp3) is 0.250. The molecule has 0 aromatic heterocycles. The van der Waals surface area contributed by atoms with Crippen molar-refractivity contribution in [2.45, 2.75) is 32.7 Å². The Morgan fingerprint density at radius 1 is 1.13 bits per heavy atom. The normalized spacial score (nSPS) is 18.0. The Kier molecular flexibility index (Phi) is 6.26. The summed E-state index contributed by atoms with van der Waals surface area (Å²) < 4.78 is 5.59. The third-order valence-corrected chi connectivity index (χ3v) is 4.86. The van der Waals surface area contributed by atoms with Gasteiger partial charge in [0, 0.05) is 12.1 Å². The number of hydrogen-bond donors (Lipinski definition) is 3. The summed E-state index contributed by atoms with van der Waals surface area (Å²) in [5.74, 6) is -0.831. The lowest BCUT2D eigenvalue weighted by atomic mass is 9.91. The van der Waals surface area contributed by atoms with Gasteiger partial charge in [0.1, 0.15) is 23.7 Å². The molecule has 0 radical (unpaired) electrons. The summed E-state index contributed by atoms with van der Waals surface area (Å²) in [6, 6.07) is 16.3. The number of carbonyl (C=O) groups is 2. The number of benzene rings is 2. The topological polar surface area (TPSA) is 87.7 Å². The van der Waals surface area contributed by atoms with E-state index in [1.54, 1.807) is 31.2 Å². The molecular weight excluding hydrogens is 380 g/mol. The van der Waals surface area contributed by atoms with Gasteiger partial charge in [0.15, 0.2) is 0 Å². The van der Waals surface area contributed by atoms with Crippen LogP contribution in [0.5, 0.6) is 5.75 Å². The number of anilines is 1. The van der Waals surface area contributed by atoms with Crippen molar-refractivity contribution in [3.8, 4) is 5.75 Å². The molecule has 156 valence electrons. The molecular formula is C24H26N2O4. The summed E-state index contributed by atoms with van der Waals surface area (Å²) in [6.45, 7) is 6.16. The maximum absolute atomic E-state index is 12.7. The van der Waals surface area contributed by atoms with Crippen LogP contribution >= 0.6 is 0 Å². The minimum Gasteiger partial charge on any atom is -0.509 e. The van der Waals surface area contributed by atoms with Gasteiger partial charge < -0.3 is 20.5 Å². The lowest BCUT2D eigenvalue weighted by molar-refractivity contribution is -0.121. The van der Waals surface area contributed by atoms with E-state index in [4.69, 9.17) is 4.74 Å². The van der Waals surface area contributed by atoms with Crippen LogP contribution < -0.4 is 15.4 Å². The molecule has 0 saturated carbocycles. The molecule has 0 bridgehead atoms. The van der Waals surface area contributed by atoms with Gasteiger partial charge in [-0.05, 0) is 56.7 Å². The maximum atomic E-state index is 12.7. The summed E-state index contributed by atoms with van der Waals surface area (Å²) >= 11 is 0. The van der Waals surface area contributed by atoms with E-state index in [1.807, 2.05) is 50.3 Å². The standard InChI is InChI=1S/C24H26N2O4/c1-16(2)13-14-30-19-11-9-18(10-12-19)25-22(28)20-21(27)24(3,26-23(20)29)15-17-7-5-4-6-8-17/h4-13,27H,14-15H2,1-3H3,(H,25,28)(H,26,29). The SMILES string of the molecule is CC(C)=CCOc1ccc(NC(=O)C2=C(O)C(C)(Cc3ccccc3)NC2=O)cc1. The van der Waals surface area contributed by atoms with Crippen LogP contribution in [0, 0.1) is 0 Å². The van der Waals surface area contributed by atoms with Crippen molar-refractivity contribution in [3.05, 3.63) is 83.1 Å². The van der Waals surface area contributed by atoms with Crippen molar-refractivity contribution in [1.82, 2.24) is 5.32 Å². The molecule has 0 fully saturated rings. The van der Waals surface area contributed by atoms with Gasteiger partial charge >= 0.3 is 0 Å². The van der Waals surface area contributed by atoms with Gasteiger partial charge in [0.2, 0.25) is 0 Å². The average molecular weight is 406 g/mol. The molecule has 0 saturated heterocycles. The minimum atomic E-state index is -1.03. The maximum Gasteiger partial charge on any atom is 0.264 e. The Bertz CT molecular complexity index is 990. The van der Waals surface area contributed by atoms with Crippen LogP contribution in [-0.4, -0.2) is 29.1 Å². The summed E-state index contributed by atoms with van der Waals surface area (Å²) in [4.78, 5) is 25.1. The second-order valence-corrected chi connectivity index (χ2v) is 7.74.